The summed E-state index contributed by atoms with van der Waals surface area (Å²) in [6, 6.07) is 3.81. The maximum absolute atomic E-state index is 11.9. The molecule has 1 saturated carbocycles. The van der Waals surface area contributed by atoms with Crippen molar-refractivity contribution in [2.75, 3.05) is 0 Å². The molecule has 0 spiro atoms. The molecule has 1 aromatic rings. The van der Waals surface area contributed by atoms with E-state index in [-0.39, 0.29) is 11.9 Å². The quantitative estimate of drug-likeness (QED) is 0.827. The van der Waals surface area contributed by atoms with Gasteiger partial charge in [0.05, 0.1) is 0 Å². The van der Waals surface area contributed by atoms with Crippen LogP contribution in [0.2, 0.25) is 0 Å². The highest BCUT2D eigenvalue weighted by molar-refractivity contribution is 5.92. The molecule has 1 aliphatic rings. The van der Waals surface area contributed by atoms with Crippen molar-refractivity contribution < 1.29 is 4.79 Å². The minimum absolute atomic E-state index is 0.0898. The summed E-state index contributed by atoms with van der Waals surface area (Å²) in [5, 5.41) is 3.00. The summed E-state index contributed by atoms with van der Waals surface area (Å²) in [7, 11) is 0. The molecule has 3 N–H and O–H groups in total. The standard InChI is InChI=1S/C13H19N3O/c1-9(11-3-2-4-11)16-13(17)12-6-5-10(7-14)8-15-12/h5-6,8-9,11H,2-4,7,14H2,1H3,(H,16,17). The SMILES string of the molecule is CC(NC(=O)c1ccc(CN)cn1)C1CCC1. The van der Waals surface area contributed by atoms with E-state index in [0.29, 0.717) is 18.2 Å². The van der Waals surface area contributed by atoms with Crippen molar-refractivity contribution in [1.82, 2.24) is 10.3 Å². The smallest absolute Gasteiger partial charge is 0.270 e. The Morgan fingerprint density at radius 1 is 1.59 bits per heavy atom. The van der Waals surface area contributed by atoms with Crippen LogP contribution in [0.1, 0.15) is 42.2 Å². The van der Waals surface area contributed by atoms with Gasteiger partial charge in [0.25, 0.3) is 5.91 Å². The van der Waals surface area contributed by atoms with E-state index in [1.807, 2.05) is 6.07 Å². The third-order valence-electron chi connectivity index (χ3n) is 3.51. The molecule has 0 saturated heterocycles. The molecule has 1 unspecified atom stereocenters. The minimum Gasteiger partial charge on any atom is -0.348 e. The molecule has 0 bridgehead atoms. The molecule has 1 aromatic heterocycles. The normalized spacial score (nSPS) is 17.3. The average Bonchev–Trinajstić information content (AvgIpc) is 2.26. The van der Waals surface area contributed by atoms with Crippen LogP contribution < -0.4 is 11.1 Å². The monoisotopic (exact) mass is 233 g/mol. The third kappa shape index (κ3) is 2.82. The van der Waals surface area contributed by atoms with Crippen molar-refractivity contribution in [3.8, 4) is 0 Å². The summed E-state index contributed by atoms with van der Waals surface area (Å²) in [5.74, 6) is 0.551. The summed E-state index contributed by atoms with van der Waals surface area (Å²) in [6.07, 6.45) is 5.39. The molecule has 92 valence electrons. The van der Waals surface area contributed by atoms with Crippen molar-refractivity contribution >= 4 is 5.91 Å². The molecule has 1 fully saturated rings. The van der Waals surface area contributed by atoms with Gasteiger partial charge < -0.3 is 11.1 Å². The number of nitrogens with two attached hydrogens (primary N) is 1. The molecule has 1 atom stereocenters. The van der Waals surface area contributed by atoms with Crippen LogP contribution in [0.3, 0.4) is 0 Å². The first-order valence-electron chi connectivity index (χ1n) is 6.16. The van der Waals surface area contributed by atoms with Crippen molar-refractivity contribution in [3.05, 3.63) is 29.6 Å². The van der Waals surface area contributed by atoms with Gasteiger partial charge in [-0.2, -0.15) is 0 Å². The number of carbonyl (C=O) groups is 1. The largest absolute Gasteiger partial charge is 0.348 e. The number of rotatable bonds is 4. The van der Waals surface area contributed by atoms with Gasteiger partial charge in [0, 0.05) is 18.8 Å². The van der Waals surface area contributed by atoms with E-state index in [9.17, 15) is 4.79 Å². The van der Waals surface area contributed by atoms with Gasteiger partial charge in [-0.05, 0) is 37.3 Å². The van der Waals surface area contributed by atoms with E-state index in [4.69, 9.17) is 5.73 Å². The number of amides is 1. The number of hydrogen-bond acceptors (Lipinski definition) is 3. The Labute approximate surface area is 102 Å². The fraction of sp³-hybridized carbons (Fsp3) is 0.538. The predicted molar refractivity (Wildman–Crippen MR) is 66.4 cm³/mol. The molecule has 0 aromatic carbocycles. The number of nitrogens with one attached hydrogen (secondary N) is 1. The van der Waals surface area contributed by atoms with Crippen LogP contribution in [0.4, 0.5) is 0 Å². The van der Waals surface area contributed by atoms with Gasteiger partial charge in [-0.15, -0.1) is 0 Å². The lowest BCUT2D eigenvalue weighted by atomic mass is 9.80. The summed E-state index contributed by atoms with van der Waals surface area (Å²) in [5.41, 5.74) is 6.89. The first-order chi connectivity index (χ1) is 8.20. The molecular formula is C13H19N3O. The Morgan fingerprint density at radius 3 is 2.82 bits per heavy atom. The highest BCUT2D eigenvalue weighted by atomic mass is 16.1. The van der Waals surface area contributed by atoms with Crippen LogP contribution in [0.15, 0.2) is 18.3 Å². The number of pyridine rings is 1. The topological polar surface area (TPSA) is 68.0 Å². The maximum Gasteiger partial charge on any atom is 0.270 e. The van der Waals surface area contributed by atoms with Crippen molar-refractivity contribution in [3.63, 3.8) is 0 Å². The van der Waals surface area contributed by atoms with Gasteiger partial charge in [-0.25, -0.2) is 0 Å². The molecule has 0 radical (unpaired) electrons. The number of aromatic nitrogens is 1. The molecule has 1 heterocycles. The summed E-state index contributed by atoms with van der Waals surface area (Å²) < 4.78 is 0. The highest BCUT2D eigenvalue weighted by Crippen LogP contribution is 2.29. The Balaban J connectivity index is 1.93. The maximum atomic E-state index is 11.9. The van der Waals surface area contributed by atoms with Crippen LogP contribution in [-0.4, -0.2) is 16.9 Å². The van der Waals surface area contributed by atoms with E-state index in [1.165, 1.54) is 19.3 Å². The van der Waals surface area contributed by atoms with Crippen LogP contribution >= 0.6 is 0 Å². The van der Waals surface area contributed by atoms with Crippen molar-refractivity contribution in [2.45, 2.75) is 38.8 Å². The van der Waals surface area contributed by atoms with Gasteiger partial charge in [-0.1, -0.05) is 12.5 Å². The lowest BCUT2D eigenvalue weighted by molar-refractivity contribution is 0.0904. The van der Waals surface area contributed by atoms with E-state index >= 15 is 0 Å². The first kappa shape index (κ1) is 12.0. The lowest BCUT2D eigenvalue weighted by Gasteiger charge is -2.31. The summed E-state index contributed by atoms with van der Waals surface area (Å²) in [6.45, 7) is 2.52. The van der Waals surface area contributed by atoms with Crippen LogP contribution in [-0.2, 0) is 6.54 Å². The Bertz CT molecular complexity index is 384. The Hall–Kier alpha value is -1.42. The highest BCUT2D eigenvalue weighted by Gasteiger charge is 2.25. The number of hydrogen-bond donors (Lipinski definition) is 2. The van der Waals surface area contributed by atoms with Gasteiger partial charge in [0.2, 0.25) is 0 Å². The minimum atomic E-state index is -0.0898. The zero-order chi connectivity index (χ0) is 12.3. The molecule has 2 rings (SSSR count). The van der Waals surface area contributed by atoms with Crippen LogP contribution in [0, 0.1) is 5.92 Å². The number of carbonyl (C=O) groups excluding carboxylic acids is 1. The fourth-order valence-electron chi connectivity index (χ4n) is 2.02. The average molecular weight is 233 g/mol. The van der Waals surface area contributed by atoms with E-state index in [0.717, 1.165) is 5.56 Å². The molecular weight excluding hydrogens is 214 g/mol. The second kappa shape index (κ2) is 5.27. The van der Waals surface area contributed by atoms with Gasteiger partial charge in [0.1, 0.15) is 5.69 Å². The first-order valence-corrected chi connectivity index (χ1v) is 6.16. The van der Waals surface area contributed by atoms with Crippen LogP contribution in [0.25, 0.3) is 0 Å². The van der Waals surface area contributed by atoms with Crippen molar-refractivity contribution in [1.29, 1.82) is 0 Å². The number of nitrogens with zero attached hydrogens (tertiary/aromatic N) is 1. The van der Waals surface area contributed by atoms with Crippen LogP contribution in [0.5, 0.6) is 0 Å². The molecule has 1 aliphatic carbocycles. The van der Waals surface area contributed by atoms with E-state index in [2.05, 4.69) is 17.2 Å². The Morgan fingerprint density at radius 2 is 2.35 bits per heavy atom. The van der Waals surface area contributed by atoms with E-state index < -0.39 is 0 Å². The molecule has 1 amide bonds. The summed E-state index contributed by atoms with van der Waals surface area (Å²) in [4.78, 5) is 16.0. The second-order valence-corrected chi connectivity index (χ2v) is 4.71. The van der Waals surface area contributed by atoms with Gasteiger partial charge in [-0.3, -0.25) is 9.78 Å². The van der Waals surface area contributed by atoms with Gasteiger partial charge in [0.15, 0.2) is 0 Å². The summed E-state index contributed by atoms with van der Waals surface area (Å²) >= 11 is 0. The Kier molecular flexibility index (Phi) is 3.74. The third-order valence-corrected chi connectivity index (χ3v) is 3.51. The van der Waals surface area contributed by atoms with Crippen molar-refractivity contribution in [2.24, 2.45) is 11.7 Å². The lowest BCUT2D eigenvalue weighted by Crippen LogP contribution is -2.40. The molecule has 4 heteroatoms. The molecule has 0 aliphatic heterocycles. The molecule has 17 heavy (non-hydrogen) atoms. The van der Waals surface area contributed by atoms with E-state index in [1.54, 1.807) is 12.3 Å². The second-order valence-electron chi connectivity index (χ2n) is 4.71. The zero-order valence-electron chi connectivity index (χ0n) is 10.1. The van der Waals surface area contributed by atoms with Gasteiger partial charge >= 0.3 is 0 Å². The molecule has 4 nitrogen and oxygen atoms in total. The fourth-order valence-corrected chi connectivity index (χ4v) is 2.02. The zero-order valence-corrected chi connectivity index (χ0v) is 10.1. The predicted octanol–water partition coefficient (Wildman–Crippen LogP) is 1.46.